The molecule has 2 fully saturated rings. The maximum atomic E-state index is 14.7. The number of halogens is 7. The van der Waals surface area contributed by atoms with Crippen molar-refractivity contribution in [3.05, 3.63) is 59.2 Å². The van der Waals surface area contributed by atoms with Gasteiger partial charge in [-0.3, -0.25) is 0 Å². The van der Waals surface area contributed by atoms with Crippen molar-refractivity contribution < 1.29 is 40.2 Å². The summed E-state index contributed by atoms with van der Waals surface area (Å²) in [5.41, 5.74) is 0.426. The zero-order valence-electron chi connectivity index (χ0n) is 21.3. The summed E-state index contributed by atoms with van der Waals surface area (Å²) in [7, 11) is 0. The standard InChI is InChI=1S/C29H33F7O2/c1-2-3-18-4-6-19(7-5-18)20-8-10-21(11-9-20)22-12-14-23(15-13-22)28(32,33)37-24-16-25(30)27(26(31)17-24)38-29(34,35)36/h12-21H,2-11H2,1H3. The monoisotopic (exact) mass is 546 g/mol. The van der Waals surface area contributed by atoms with Crippen LogP contribution in [0.25, 0.3) is 0 Å². The van der Waals surface area contributed by atoms with E-state index in [9.17, 15) is 30.7 Å². The van der Waals surface area contributed by atoms with E-state index in [0.717, 1.165) is 49.0 Å². The predicted octanol–water partition coefficient (Wildman–Crippen LogP) is 9.87. The van der Waals surface area contributed by atoms with E-state index in [-0.39, 0.29) is 18.1 Å². The van der Waals surface area contributed by atoms with Crippen LogP contribution < -0.4 is 9.47 Å². The van der Waals surface area contributed by atoms with Crippen molar-refractivity contribution in [1.29, 1.82) is 0 Å². The van der Waals surface area contributed by atoms with E-state index >= 15 is 0 Å². The van der Waals surface area contributed by atoms with Crippen molar-refractivity contribution in [2.75, 3.05) is 0 Å². The van der Waals surface area contributed by atoms with Gasteiger partial charge in [0.15, 0.2) is 11.6 Å². The highest BCUT2D eigenvalue weighted by molar-refractivity contribution is 5.36. The van der Waals surface area contributed by atoms with Gasteiger partial charge in [0.2, 0.25) is 5.75 Å². The molecule has 9 heteroatoms. The van der Waals surface area contributed by atoms with Crippen LogP contribution in [0.3, 0.4) is 0 Å². The molecule has 210 valence electrons. The Morgan fingerprint density at radius 1 is 0.737 bits per heavy atom. The van der Waals surface area contributed by atoms with Gasteiger partial charge < -0.3 is 9.47 Å². The molecule has 0 N–H and O–H groups in total. The summed E-state index contributed by atoms with van der Waals surface area (Å²) in [5.74, 6) is -3.63. The van der Waals surface area contributed by atoms with Gasteiger partial charge in [0, 0.05) is 12.1 Å². The summed E-state index contributed by atoms with van der Waals surface area (Å²) in [6.07, 6.45) is 2.88. The van der Waals surface area contributed by atoms with Crippen molar-refractivity contribution in [2.45, 2.75) is 89.5 Å². The molecule has 2 nitrogen and oxygen atoms in total. The molecule has 0 spiro atoms. The van der Waals surface area contributed by atoms with Gasteiger partial charge in [-0.2, -0.15) is 8.78 Å². The first kappa shape index (κ1) is 28.6. The lowest BCUT2D eigenvalue weighted by molar-refractivity contribution is -0.276. The van der Waals surface area contributed by atoms with Crippen LogP contribution in [0.5, 0.6) is 11.5 Å². The second-order valence-electron chi connectivity index (χ2n) is 10.7. The molecule has 0 heterocycles. The molecule has 2 aromatic rings. The zero-order valence-corrected chi connectivity index (χ0v) is 21.3. The molecule has 0 radical (unpaired) electrons. The molecular weight excluding hydrogens is 513 g/mol. The summed E-state index contributed by atoms with van der Waals surface area (Å²) in [4.78, 5) is 0. The van der Waals surface area contributed by atoms with Gasteiger partial charge in [-0.15, -0.1) is 13.2 Å². The lowest BCUT2D eigenvalue weighted by atomic mass is 9.68. The normalized spacial score (nSPS) is 24.7. The van der Waals surface area contributed by atoms with Crippen LogP contribution in [-0.4, -0.2) is 6.36 Å². The molecule has 0 atom stereocenters. The van der Waals surface area contributed by atoms with E-state index in [1.165, 1.54) is 50.7 Å². The number of benzene rings is 2. The van der Waals surface area contributed by atoms with Gasteiger partial charge in [0.25, 0.3) is 0 Å². The van der Waals surface area contributed by atoms with Crippen LogP contribution in [0.15, 0.2) is 36.4 Å². The number of hydrogen-bond donors (Lipinski definition) is 0. The van der Waals surface area contributed by atoms with Gasteiger partial charge in [-0.25, -0.2) is 8.78 Å². The SMILES string of the molecule is CCCC1CCC(C2CCC(c3ccc(C(F)(F)Oc4cc(F)c(OC(F)(F)F)c(F)c4)cc3)CC2)CC1. The Hall–Kier alpha value is -2.45. The molecule has 0 aromatic heterocycles. The Morgan fingerprint density at radius 2 is 1.26 bits per heavy atom. The van der Waals surface area contributed by atoms with Crippen LogP contribution in [0.4, 0.5) is 30.7 Å². The minimum atomic E-state index is -5.34. The van der Waals surface area contributed by atoms with Crippen molar-refractivity contribution in [1.82, 2.24) is 0 Å². The van der Waals surface area contributed by atoms with E-state index in [4.69, 9.17) is 0 Å². The van der Waals surface area contributed by atoms with E-state index in [2.05, 4.69) is 16.4 Å². The molecule has 0 unspecified atom stereocenters. The summed E-state index contributed by atoms with van der Waals surface area (Å²) in [5, 5.41) is 0. The second-order valence-corrected chi connectivity index (χ2v) is 10.7. The number of rotatable bonds is 8. The quantitative estimate of drug-likeness (QED) is 0.307. The van der Waals surface area contributed by atoms with Gasteiger partial charge >= 0.3 is 12.5 Å². The third-order valence-electron chi connectivity index (χ3n) is 8.18. The summed E-state index contributed by atoms with van der Waals surface area (Å²) >= 11 is 0. The van der Waals surface area contributed by atoms with E-state index in [1.54, 1.807) is 12.1 Å². The topological polar surface area (TPSA) is 18.5 Å². The Morgan fingerprint density at radius 3 is 1.76 bits per heavy atom. The molecule has 2 aliphatic carbocycles. The molecular formula is C29H33F7O2. The Bertz CT molecular complexity index is 1030. The van der Waals surface area contributed by atoms with Gasteiger partial charge in [0.1, 0.15) is 5.75 Å². The highest BCUT2D eigenvalue weighted by Crippen LogP contribution is 2.45. The molecule has 2 aliphatic rings. The summed E-state index contributed by atoms with van der Waals surface area (Å²) in [6, 6.07) is 6.11. The van der Waals surface area contributed by atoms with Crippen LogP contribution >= 0.6 is 0 Å². The van der Waals surface area contributed by atoms with Crippen LogP contribution in [-0.2, 0) is 6.11 Å². The first-order valence-electron chi connectivity index (χ1n) is 13.4. The fraction of sp³-hybridized carbons (Fsp3) is 0.586. The van der Waals surface area contributed by atoms with E-state index < -0.39 is 41.2 Å². The molecule has 0 saturated heterocycles. The molecule has 0 bridgehead atoms. The highest BCUT2D eigenvalue weighted by Gasteiger charge is 2.38. The summed E-state index contributed by atoms with van der Waals surface area (Å²) < 4.78 is 102. The molecule has 4 rings (SSSR count). The zero-order chi connectivity index (χ0) is 27.5. The fourth-order valence-corrected chi connectivity index (χ4v) is 6.25. The maximum Gasteiger partial charge on any atom is 0.573 e. The fourth-order valence-electron chi connectivity index (χ4n) is 6.25. The first-order chi connectivity index (χ1) is 17.9. The van der Waals surface area contributed by atoms with Crippen LogP contribution in [0.1, 0.15) is 88.2 Å². The largest absolute Gasteiger partial charge is 0.573 e. The minimum Gasteiger partial charge on any atom is -0.429 e. The third kappa shape index (κ3) is 7.14. The first-order valence-corrected chi connectivity index (χ1v) is 13.4. The molecule has 2 saturated carbocycles. The predicted molar refractivity (Wildman–Crippen MR) is 129 cm³/mol. The van der Waals surface area contributed by atoms with Crippen molar-refractivity contribution in [3.8, 4) is 11.5 Å². The maximum absolute atomic E-state index is 14.7. The van der Waals surface area contributed by atoms with Crippen LogP contribution in [0, 0.1) is 29.4 Å². The third-order valence-corrected chi connectivity index (χ3v) is 8.18. The number of alkyl halides is 5. The average molecular weight is 547 g/mol. The second kappa shape index (κ2) is 11.7. The average Bonchev–Trinajstić information content (AvgIpc) is 2.86. The minimum absolute atomic E-state index is 0.223. The van der Waals surface area contributed by atoms with Crippen LogP contribution in [0.2, 0.25) is 0 Å². The van der Waals surface area contributed by atoms with E-state index in [0.29, 0.717) is 0 Å². The molecule has 0 aliphatic heterocycles. The number of ether oxygens (including phenoxy) is 2. The molecule has 0 amide bonds. The lowest BCUT2D eigenvalue weighted by Crippen LogP contribution is -2.25. The molecule has 38 heavy (non-hydrogen) atoms. The molecule has 2 aromatic carbocycles. The van der Waals surface area contributed by atoms with Gasteiger partial charge in [-0.1, -0.05) is 44.7 Å². The smallest absolute Gasteiger partial charge is 0.429 e. The lowest BCUT2D eigenvalue weighted by Gasteiger charge is -2.38. The highest BCUT2D eigenvalue weighted by atomic mass is 19.4. The Labute approximate surface area is 218 Å². The number of hydrogen-bond acceptors (Lipinski definition) is 2. The van der Waals surface area contributed by atoms with Gasteiger partial charge in [-0.05, 0) is 79.9 Å². The summed E-state index contributed by atoms with van der Waals surface area (Å²) in [6.45, 7) is 2.25. The van der Waals surface area contributed by atoms with Crippen molar-refractivity contribution >= 4 is 0 Å². The van der Waals surface area contributed by atoms with Gasteiger partial charge in [0.05, 0.1) is 5.56 Å². The van der Waals surface area contributed by atoms with Crippen molar-refractivity contribution in [3.63, 3.8) is 0 Å². The Kier molecular flexibility index (Phi) is 8.82. The Balaban J connectivity index is 1.33. The van der Waals surface area contributed by atoms with E-state index in [1.807, 2.05) is 0 Å². The van der Waals surface area contributed by atoms with Crippen molar-refractivity contribution in [2.24, 2.45) is 17.8 Å².